The van der Waals surface area contributed by atoms with Gasteiger partial charge >= 0.3 is 5.69 Å². The fourth-order valence-corrected chi connectivity index (χ4v) is 3.47. The molecule has 9 nitrogen and oxygen atoms in total. The Balaban J connectivity index is 2.20. The predicted octanol–water partition coefficient (Wildman–Crippen LogP) is 0.892. The molecule has 0 aromatic carbocycles. The van der Waals surface area contributed by atoms with Crippen molar-refractivity contribution in [3.05, 3.63) is 33.2 Å². The van der Waals surface area contributed by atoms with Crippen molar-refractivity contribution in [1.29, 1.82) is 0 Å². The molecule has 1 aliphatic rings. The Labute approximate surface area is 118 Å². The molecule has 0 unspecified atom stereocenters. The maximum Gasteiger partial charge on any atom is 0.350 e. The molecule has 0 spiro atoms. The third-order valence-electron chi connectivity index (χ3n) is 2.93. The number of rotatable bonds is 5. The summed E-state index contributed by atoms with van der Waals surface area (Å²) in [6.07, 6.45) is 2.08. The van der Waals surface area contributed by atoms with Crippen LogP contribution < -0.4 is 11.2 Å². The van der Waals surface area contributed by atoms with Gasteiger partial charge in [0.2, 0.25) is 0 Å². The highest BCUT2D eigenvalue weighted by Crippen LogP contribution is 2.42. The lowest BCUT2D eigenvalue weighted by atomic mass is 10.1. The minimum absolute atomic E-state index is 0.101. The predicted molar refractivity (Wildman–Crippen MR) is 74.2 cm³/mol. The fraction of sp³-hybridized carbons (Fsp3) is 0.600. The quantitative estimate of drug-likeness (QED) is 0.360. The molecular formula is C10H14N6O3S. The van der Waals surface area contributed by atoms with Gasteiger partial charge in [0.15, 0.2) is 5.82 Å². The van der Waals surface area contributed by atoms with Gasteiger partial charge in [-0.25, -0.2) is 10.3 Å². The molecule has 0 aliphatic carbocycles. The first-order valence-corrected chi connectivity index (χ1v) is 6.82. The lowest BCUT2D eigenvalue weighted by molar-refractivity contribution is 0.268. The molecule has 1 aromatic heterocycles. The molecule has 1 aromatic rings. The number of aromatic nitrogens is 2. The van der Waals surface area contributed by atoms with Gasteiger partial charge in [-0.3, -0.25) is 9.40 Å². The summed E-state index contributed by atoms with van der Waals surface area (Å²) in [4.78, 5) is 23.2. The van der Waals surface area contributed by atoms with E-state index in [4.69, 9.17) is 5.53 Å². The highest BCUT2D eigenvalue weighted by molar-refractivity contribution is 8.00. The van der Waals surface area contributed by atoms with Gasteiger partial charge in [-0.1, -0.05) is 5.11 Å². The van der Waals surface area contributed by atoms with Crippen LogP contribution in [0.2, 0.25) is 0 Å². The molecule has 1 saturated heterocycles. The molecule has 1 aliphatic heterocycles. The Morgan fingerprint density at radius 1 is 1.80 bits per heavy atom. The van der Waals surface area contributed by atoms with Crippen molar-refractivity contribution in [3.63, 3.8) is 0 Å². The van der Waals surface area contributed by atoms with Gasteiger partial charge in [-0.2, -0.15) is 4.98 Å². The summed E-state index contributed by atoms with van der Waals surface area (Å²) in [6, 6.07) is 1.28. The zero-order chi connectivity index (χ0) is 14.5. The van der Waals surface area contributed by atoms with E-state index in [2.05, 4.69) is 25.3 Å². The molecule has 2 N–H and O–H groups in total. The van der Waals surface area contributed by atoms with Crippen LogP contribution in [0.5, 0.6) is 0 Å². The first-order valence-electron chi connectivity index (χ1n) is 5.88. The largest absolute Gasteiger partial charge is 0.395 e. The first-order chi connectivity index (χ1) is 9.69. The number of hydrogen-bond donors (Lipinski definition) is 2. The van der Waals surface area contributed by atoms with Gasteiger partial charge in [0.1, 0.15) is 0 Å². The van der Waals surface area contributed by atoms with Crippen molar-refractivity contribution in [1.82, 2.24) is 9.55 Å². The molecule has 0 amide bonds. The van der Waals surface area contributed by atoms with E-state index in [1.165, 1.54) is 23.4 Å². The number of aliphatic hydroxyl groups is 1. The highest BCUT2D eigenvalue weighted by Gasteiger charge is 2.35. The molecule has 0 bridgehead atoms. The van der Waals surface area contributed by atoms with Gasteiger partial charge in [-0.15, -0.1) is 11.8 Å². The van der Waals surface area contributed by atoms with E-state index in [1.54, 1.807) is 12.3 Å². The Kier molecular flexibility index (Phi) is 4.85. The molecule has 2 heterocycles. The van der Waals surface area contributed by atoms with E-state index in [1.807, 2.05) is 0 Å². The van der Waals surface area contributed by atoms with Crippen molar-refractivity contribution in [2.75, 3.05) is 19.2 Å². The van der Waals surface area contributed by atoms with Crippen LogP contribution in [0, 0.1) is 0 Å². The minimum atomic E-state index is -0.428. The zero-order valence-corrected chi connectivity index (χ0v) is 11.5. The second-order valence-corrected chi connectivity index (χ2v) is 5.55. The van der Waals surface area contributed by atoms with Crippen LogP contribution in [0.4, 0.5) is 5.82 Å². The summed E-state index contributed by atoms with van der Waals surface area (Å²) in [5.41, 5.74) is 10.6. The van der Waals surface area contributed by atoms with Crippen LogP contribution in [0.25, 0.3) is 10.4 Å². The number of hydrogen-bond acceptors (Lipinski definition) is 7. The maximum absolute atomic E-state index is 11.9. The minimum Gasteiger partial charge on any atom is -0.395 e. The van der Waals surface area contributed by atoms with Gasteiger partial charge < -0.3 is 5.11 Å². The van der Waals surface area contributed by atoms with Crippen LogP contribution in [-0.4, -0.2) is 39.7 Å². The second-order valence-electron chi connectivity index (χ2n) is 4.13. The summed E-state index contributed by atoms with van der Waals surface area (Å²) in [7, 11) is 1.43. The molecule has 20 heavy (non-hydrogen) atoms. The molecule has 1 fully saturated rings. The number of anilines is 1. The van der Waals surface area contributed by atoms with E-state index in [0.717, 1.165) is 0 Å². The average molecular weight is 298 g/mol. The van der Waals surface area contributed by atoms with Crippen LogP contribution in [0.3, 0.4) is 0 Å². The molecular weight excluding hydrogens is 284 g/mol. The standard InChI is InChI=1S/C10H14N6O3S/c1-19-14-8-2-3-16(10(18)12-8)9-4-6(13-15-11)7(5-17)20-9/h2-3,6-7,9,17H,4-5H2,1H3,(H,12,14,18)/t6-,7+,9-/m0/s1. The topological polar surface area (TPSA) is 125 Å². The molecule has 3 atom stereocenters. The third kappa shape index (κ3) is 3.05. The monoisotopic (exact) mass is 298 g/mol. The van der Waals surface area contributed by atoms with Crippen LogP contribution in [0.15, 0.2) is 22.2 Å². The summed E-state index contributed by atoms with van der Waals surface area (Å²) < 4.78 is 1.46. The molecule has 0 radical (unpaired) electrons. The highest BCUT2D eigenvalue weighted by atomic mass is 32.2. The fourth-order valence-electron chi connectivity index (χ4n) is 2.03. The Morgan fingerprint density at radius 3 is 3.20 bits per heavy atom. The molecule has 2 rings (SSSR count). The smallest absolute Gasteiger partial charge is 0.350 e. The van der Waals surface area contributed by atoms with Gasteiger partial charge in [0, 0.05) is 16.4 Å². The van der Waals surface area contributed by atoms with E-state index in [-0.39, 0.29) is 23.3 Å². The van der Waals surface area contributed by atoms with Crippen molar-refractivity contribution >= 4 is 17.6 Å². The van der Waals surface area contributed by atoms with E-state index >= 15 is 0 Å². The van der Waals surface area contributed by atoms with Crippen LogP contribution in [-0.2, 0) is 4.84 Å². The number of nitrogens with one attached hydrogen (secondary N) is 1. The number of thioether (sulfide) groups is 1. The number of aliphatic hydroxyl groups excluding tert-OH is 1. The summed E-state index contributed by atoms with van der Waals surface area (Å²) in [6.45, 7) is -0.101. The van der Waals surface area contributed by atoms with E-state index in [0.29, 0.717) is 12.2 Å². The summed E-state index contributed by atoms with van der Waals surface area (Å²) in [5.74, 6) is 0.321. The van der Waals surface area contributed by atoms with E-state index in [9.17, 15) is 9.90 Å². The average Bonchev–Trinajstić information content (AvgIpc) is 2.82. The summed E-state index contributed by atoms with van der Waals surface area (Å²) >= 11 is 1.40. The van der Waals surface area contributed by atoms with Crippen LogP contribution >= 0.6 is 11.8 Å². The van der Waals surface area contributed by atoms with E-state index < -0.39 is 5.69 Å². The maximum atomic E-state index is 11.9. The van der Waals surface area contributed by atoms with Crippen molar-refractivity contribution in [2.24, 2.45) is 5.11 Å². The molecule has 10 heteroatoms. The van der Waals surface area contributed by atoms with Gasteiger partial charge in [0.05, 0.1) is 25.1 Å². The van der Waals surface area contributed by atoms with Crippen molar-refractivity contribution in [3.8, 4) is 0 Å². The van der Waals surface area contributed by atoms with Crippen molar-refractivity contribution < 1.29 is 9.94 Å². The van der Waals surface area contributed by atoms with Crippen molar-refractivity contribution in [2.45, 2.75) is 23.1 Å². The SMILES string of the molecule is CONc1ccn([C@@H]2C[C@H](N=[N+]=[N-])[C@@H](CO)S2)c(=O)n1. The Morgan fingerprint density at radius 2 is 2.60 bits per heavy atom. The normalized spacial score (nSPS) is 25.2. The zero-order valence-electron chi connectivity index (χ0n) is 10.7. The third-order valence-corrected chi connectivity index (χ3v) is 4.48. The molecule has 108 valence electrons. The first kappa shape index (κ1) is 14.7. The van der Waals surface area contributed by atoms with Gasteiger partial charge in [-0.05, 0) is 18.0 Å². The Bertz CT molecular complexity index is 572. The van der Waals surface area contributed by atoms with Crippen LogP contribution in [0.1, 0.15) is 11.8 Å². The number of nitrogens with zero attached hydrogens (tertiary/aromatic N) is 5. The summed E-state index contributed by atoms with van der Waals surface area (Å²) in [5, 5.41) is 12.5. The number of azide groups is 1. The second kappa shape index (κ2) is 6.62. The lowest BCUT2D eigenvalue weighted by Crippen LogP contribution is -2.25. The molecule has 0 saturated carbocycles. The van der Waals surface area contributed by atoms with Gasteiger partial charge in [0.25, 0.3) is 0 Å². The lowest BCUT2D eigenvalue weighted by Gasteiger charge is -2.13. The Hall–Kier alpha value is -1.74.